The van der Waals surface area contributed by atoms with Gasteiger partial charge < -0.3 is 14.2 Å². The maximum atomic E-state index is 13.3. The van der Waals surface area contributed by atoms with E-state index in [4.69, 9.17) is 14.2 Å². The van der Waals surface area contributed by atoms with Crippen LogP contribution in [0.15, 0.2) is 34.8 Å². The van der Waals surface area contributed by atoms with Crippen molar-refractivity contribution in [2.45, 2.75) is 19.8 Å². The Labute approximate surface area is 150 Å². The van der Waals surface area contributed by atoms with Crippen LogP contribution in [-0.2, 0) is 4.74 Å². The van der Waals surface area contributed by atoms with Gasteiger partial charge in [-0.05, 0) is 51.2 Å². The van der Waals surface area contributed by atoms with E-state index in [-0.39, 0.29) is 5.82 Å². The van der Waals surface area contributed by atoms with Gasteiger partial charge in [-0.25, -0.2) is 4.39 Å². The van der Waals surface area contributed by atoms with Crippen LogP contribution in [0.25, 0.3) is 11.1 Å². The minimum Gasteiger partial charge on any atom is -0.493 e. The molecule has 2 aromatic carbocycles. The van der Waals surface area contributed by atoms with Crippen molar-refractivity contribution in [3.8, 4) is 22.6 Å². The molecule has 24 heavy (non-hydrogen) atoms. The molecule has 0 radical (unpaired) electrons. The van der Waals surface area contributed by atoms with Gasteiger partial charge in [-0.3, -0.25) is 0 Å². The summed E-state index contributed by atoms with van der Waals surface area (Å²) in [5.74, 6) is 1.29. The molecule has 0 spiro atoms. The lowest BCUT2D eigenvalue weighted by atomic mass is 9.95. The molecular weight excluding hydrogens is 375 g/mol. The third-order valence-corrected chi connectivity index (χ3v) is 4.57. The van der Waals surface area contributed by atoms with Gasteiger partial charge in [-0.1, -0.05) is 26.0 Å². The molecule has 0 N–H and O–H groups in total. The SMILES string of the molecule is COCCOc1c(OC)cc(C(C)C)c(Br)c1-c1ccc(F)cc1. The van der Waals surface area contributed by atoms with Crippen LogP contribution in [0.1, 0.15) is 25.3 Å². The van der Waals surface area contributed by atoms with E-state index in [0.717, 1.165) is 21.2 Å². The largest absolute Gasteiger partial charge is 0.493 e. The van der Waals surface area contributed by atoms with Crippen molar-refractivity contribution in [1.29, 1.82) is 0 Å². The second-order valence-corrected chi connectivity index (χ2v) is 6.48. The zero-order valence-corrected chi connectivity index (χ0v) is 15.9. The van der Waals surface area contributed by atoms with E-state index in [2.05, 4.69) is 29.8 Å². The number of hydrogen-bond donors (Lipinski definition) is 0. The normalized spacial score (nSPS) is 11.0. The third kappa shape index (κ3) is 4.08. The highest BCUT2D eigenvalue weighted by molar-refractivity contribution is 9.10. The maximum absolute atomic E-state index is 13.3. The fraction of sp³-hybridized carbons (Fsp3) is 0.368. The van der Waals surface area contributed by atoms with Crippen molar-refractivity contribution in [3.05, 3.63) is 46.2 Å². The molecule has 2 aromatic rings. The fourth-order valence-electron chi connectivity index (χ4n) is 2.45. The highest BCUT2D eigenvalue weighted by Crippen LogP contribution is 2.47. The molecule has 0 aromatic heterocycles. The first-order valence-electron chi connectivity index (χ1n) is 7.77. The third-order valence-electron chi connectivity index (χ3n) is 3.72. The molecule has 0 fully saturated rings. The molecule has 0 aliphatic heterocycles. The van der Waals surface area contributed by atoms with Gasteiger partial charge in [0, 0.05) is 17.1 Å². The van der Waals surface area contributed by atoms with Gasteiger partial charge in [-0.2, -0.15) is 0 Å². The van der Waals surface area contributed by atoms with Gasteiger partial charge in [0.15, 0.2) is 11.5 Å². The summed E-state index contributed by atoms with van der Waals surface area (Å²) in [6.45, 7) is 5.09. The molecule has 2 rings (SSSR count). The molecule has 0 saturated heterocycles. The number of halogens is 2. The first-order chi connectivity index (χ1) is 11.5. The van der Waals surface area contributed by atoms with E-state index < -0.39 is 0 Å². The summed E-state index contributed by atoms with van der Waals surface area (Å²) >= 11 is 3.70. The van der Waals surface area contributed by atoms with Gasteiger partial charge in [0.1, 0.15) is 12.4 Å². The second kappa shape index (κ2) is 8.49. The molecule has 0 unspecified atom stereocenters. The average Bonchev–Trinajstić information content (AvgIpc) is 2.56. The molecular formula is C19H22BrFO3. The summed E-state index contributed by atoms with van der Waals surface area (Å²) in [7, 11) is 3.24. The van der Waals surface area contributed by atoms with E-state index in [1.807, 2.05) is 6.07 Å². The summed E-state index contributed by atoms with van der Waals surface area (Å²) < 4.78 is 30.8. The number of methoxy groups -OCH3 is 2. The average molecular weight is 397 g/mol. The zero-order chi connectivity index (χ0) is 17.7. The molecule has 0 atom stereocenters. The fourth-order valence-corrected chi connectivity index (χ4v) is 3.44. The van der Waals surface area contributed by atoms with Crippen LogP contribution >= 0.6 is 15.9 Å². The Morgan fingerprint density at radius 3 is 2.29 bits per heavy atom. The van der Waals surface area contributed by atoms with Crippen LogP contribution in [0, 0.1) is 5.82 Å². The summed E-state index contributed by atoms with van der Waals surface area (Å²) in [6.07, 6.45) is 0. The molecule has 0 amide bonds. The summed E-state index contributed by atoms with van der Waals surface area (Å²) in [5, 5.41) is 0. The number of rotatable bonds is 7. The minimum atomic E-state index is -0.274. The lowest BCUT2D eigenvalue weighted by Crippen LogP contribution is -2.07. The summed E-state index contributed by atoms with van der Waals surface area (Å²) in [5.41, 5.74) is 2.82. The van der Waals surface area contributed by atoms with Crippen molar-refractivity contribution in [2.24, 2.45) is 0 Å². The van der Waals surface area contributed by atoms with E-state index in [9.17, 15) is 4.39 Å². The quantitative estimate of drug-likeness (QED) is 0.585. The zero-order valence-electron chi connectivity index (χ0n) is 14.4. The van der Waals surface area contributed by atoms with Crippen LogP contribution in [0.3, 0.4) is 0 Å². The Hall–Kier alpha value is -1.59. The van der Waals surface area contributed by atoms with Gasteiger partial charge in [0.25, 0.3) is 0 Å². The number of benzene rings is 2. The van der Waals surface area contributed by atoms with Crippen molar-refractivity contribution in [1.82, 2.24) is 0 Å². The van der Waals surface area contributed by atoms with Crippen LogP contribution in [0.5, 0.6) is 11.5 Å². The Kier molecular flexibility index (Phi) is 6.63. The lowest BCUT2D eigenvalue weighted by molar-refractivity contribution is 0.144. The van der Waals surface area contributed by atoms with Crippen molar-refractivity contribution in [2.75, 3.05) is 27.4 Å². The number of ether oxygens (including phenoxy) is 3. The molecule has 0 bridgehead atoms. The van der Waals surface area contributed by atoms with E-state index in [0.29, 0.717) is 30.6 Å². The predicted octanol–water partition coefficient (Wildman–Crippen LogP) is 5.41. The van der Waals surface area contributed by atoms with E-state index in [1.165, 1.54) is 12.1 Å². The molecule has 0 heterocycles. The van der Waals surface area contributed by atoms with Crippen LogP contribution < -0.4 is 9.47 Å². The van der Waals surface area contributed by atoms with Gasteiger partial charge in [0.05, 0.1) is 13.7 Å². The summed E-state index contributed by atoms with van der Waals surface area (Å²) in [4.78, 5) is 0. The Morgan fingerprint density at radius 1 is 1.08 bits per heavy atom. The molecule has 5 heteroatoms. The molecule has 130 valence electrons. The van der Waals surface area contributed by atoms with Crippen molar-refractivity contribution >= 4 is 15.9 Å². The Bertz CT molecular complexity index is 684. The predicted molar refractivity (Wildman–Crippen MR) is 97.5 cm³/mol. The standard InChI is InChI=1S/C19H22BrFO3/c1-12(2)15-11-16(23-4)19(24-10-9-22-3)17(18(15)20)13-5-7-14(21)8-6-13/h5-8,11-12H,9-10H2,1-4H3. The first kappa shape index (κ1) is 18.7. The topological polar surface area (TPSA) is 27.7 Å². The minimum absolute atomic E-state index is 0.274. The van der Waals surface area contributed by atoms with E-state index in [1.54, 1.807) is 26.4 Å². The van der Waals surface area contributed by atoms with Crippen LogP contribution in [-0.4, -0.2) is 27.4 Å². The monoisotopic (exact) mass is 396 g/mol. The van der Waals surface area contributed by atoms with Gasteiger partial charge in [-0.15, -0.1) is 0 Å². The Morgan fingerprint density at radius 2 is 1.75 bits per heavy atom. The van der Waals surface area contributed by atoms with Crippen LogP contribution in [0.2, 0.25) is 0 Å². The second-order valence-electron chi connectivity index (χ2n) is 5.69. The van der Waals surface area contributed by atoms with Gasteiger partial charge in [0.2, 0.25) is 0 Å². The maximum Gasteiger partial charge on any atom is 0.170 e. The Balaban J connectivity index is 2.65. The van der Waals surface area contributed by atoms with E-state index >= 15 is 0 Å². The summed E-state index contributed by atoms with van der Waals surface area (Å²) in [6, 6.07) is 8.33. The highest BCUT2D eigenvalue weighted by Gasteiger charge is 2.21. The molecule has 0 aliphatic carbocycles. The van der Waals surface area contributed by atoms with Crippen LogP contribution in [0.4, 0.5) is 4.39 Å². The molecule has 3 nitrogen and oxygen atoms in total. The highest BCUT2D eigenvalue weighted by atomic mass is 79.9. The lowest BCUT2D eigenvalue weighted by Gasteiger charge is -2.21. The number of hydrogen-bond acceptors (Lipinski definition) is 3. The van der Waals surface area contributed by atoms with Crippen molar-refractivity contribution < 1.29 is 18.6 Å². The molecule has 0 aliphatic rings. The van der Waals surface area contributed by atoms with Gasteiger partial charge >= 0.3 is 0 Å². The molecule has 0 saturated carbocycles. The first-order valence-corrected chi connectivity index (χ1v) is 8.57. The van der Waals surface area contributed by atoms with Crippen molar-refractivity contribution in [3.63, 3.8) is 0 Å². The smallest absolute Gasteiger partial charge is 0.170 e.